The summed E-state index contributed by atoms with van der Waals surface area (Å²) in [6, 6.07) is 0.595. The highest BCUT2D eigenvalue weighted by Gasteiger charge is 2.39. The van der Waals surface area contributed by atoms with Crippen molar-refractivity contribution in [3.63, 3.8) is 0 Å². The van der Waals surface area contributed by atoms with Gasteiger partial charge in [-0.2, -0.15) is 0 Å². The number of carbonyl (C=O) groups excluding carboxylic acids is 2. The van der Waals surface area contributed by atoms with Crippen LogP contribution in [0.2, 0.25) is 0 Å². The SMILES string of the molecule is CC(C)(C)OC(=O)N1CCN2C[C@@H](O)C[C@H]2C1.CC(C)(C)OC(=O)N1CCN2C[C@H](O)C[C@@H]2C1. The van der Waals surface area contributed by atoms with Gasteiger partial charge in [-0.1, -0.05) is 0 Å². The van der Waals surface area contributed by atoms with Gasteiger partial charge in [0.2, 0.25) is 0 Å². The van der Waals surface area contributed by atoms with Crippen molar-refractivity contribution in [3.8, 4) is 0 Å². The van der Waals surface area contributed by atoms with Gasteiger partial charge in [0.05, 0.1) is 12.2 Å². The molecule has 2 N–H and O–H groups in total. The van der Waals surface area contributed by atoms with E-state index >= 15 is 0 Å². The van der Waals surface area contributed by atoms with Gasteiger partial charge in [0.25, 0.3) is 0 Å². The number of rotatable bonds is 0. The van der Waals surface area contributed by atoms with Crippen LogP contribution in [0.4, 0.5) is 9.59 Å². The smallest absolute Gasteiger partial charge is 0.410 e. The number of aliphatic hydroxyl groups is 2. The van der Waals surface area contributed by atoms with E-state index in [1.165, 1.54) is 0 Å². The molecule has 4 saturated heterocycles. The normalized spacial score (nSPS) is 30.2. The van der Waals surface area contributed by atoms with Crippen LogP contribution in [-0.4, -0.2) is 130 Å². The summed E-state index contributed by atoms with van der Waals surface area (Å²) in [6.45, 7) is 17.1. The third-order valence-corrected chi connectivity index (χ3v) is 6.49. The molecule has 0 spiro atoms. The highest BCUT2D eigenvalue weighted by Crippen LogP contribution is 2.24. The number of piperazine rings is 2. The minimum absolute atomic E-state index is 0.237. The monoisotopic (exact) mass is 484 g/mol. The summed E-state index contributed by atoms with van der Waals surface area (Å²) in [4.78, 5) is 31.8. The van der Waals surface area contributed by atoms with Crippen LogP contribution in [0.5, 0.6) is 0 Å². The standard InChI is InChI=1S/2C12H22N2O3/c2*1-12(2,3)17-11(16)14-5-4-13-8-10(15)6-9(13)7-14/h2*9-10,15H,4-8H2,1-3H3/t2*9-,10-/m10/s1. The van der Waals surface area contributed by atoms with Crippen molar-refractivity contribution in [3.05, 3.63) is 0 Å². The lowest BCUT2D eigenvalue weighted by molar-refractivity contribution is 0.00836. The molecular weight excluding hydrogens is 440 g/mol. The van der Waals surface area contributed by atoms with Gasteiger partial charge in [0.1, 0.15) is 11.2 Å². The van der Waals surface area contributed by atoms with Crippen LogP contribution in [0.25, 0.3) is 0 Å². The average molecular weight is 485 g/mol. The second-order valence-corrected chi connectivity index (χ2v) is 11.9. The Morgan fingerprint density at radius 3 is 1.32 bits per heavy atom. The van der Waals surface area contributed by atoms with Gasteiger partial charge in [0, 0.05) is 64.4 Å². The first-order chi connectivity index (χ1) is 15.7. The van der Waals surface area contributed by atoms with Crippen molar-refractivity contribution in [2.45, 2.75) is 89.9 Å². The highest BCUT2D eigenvalue weighted by atomic mass is 16.6. The summed E-state index contributed by atoms with van der Waals surface area (Å²) in [6.07, 6.45) is 0.577. The summed E-state index contributed by atoms with van der Waals surface area (Å²) < 4.78 is 10.7. The summed E-state index contributed by atoms with van der Waals surface area (Å²) in [5, 5.41) is 19.2. The third-order valence-electron chi connectivity index (χ3n) is 6.49. The quantitative estimate of drug-likeness (QED) is 0.531. The van der Waals surface area contributed by atoms with E-state index in [9.17, 15) is 19.8 Å². The molecule has 10 nitrogen and oxygen atoms in total. The average Bonchev–Trinajstić information content (AvgIpc) is 3.24. The van der Waals surface area contributed by atoms with E-state index in [1.807, 2.05) is 41.5 Å². The molecular formula is C24H44N4O6. The molecule has 0 unspecified atom stereocenters. The molecule has 4 rings (SSSR count). The molecule has 0 bridgehead atoms. The van der Waals surface area contributed by atoms with Crippen LogP contribution >= 0.6 is 0 Å². The molecule has 0 radical (unpaired) electrons. The van der Waals surface area contributed by atoms with E-state index in [0.717, 1.165) is 39.0 Å². The van der Waals surface area contributed by atoms with Crippen molar-refractivity contribution in [2.24, 2.45) is 0 Å². The van der Waals surface area contributed by atoms with E-state index in [0.29, 0.717) is 38.3 Å². The molecule has 0 aliphatic carbocycles. The van der Waals surface area contributed by atoms with Crippen LogP contribution < -0.4 is 0 Å². The zero-order valence-corrected chi connectivity index (χ0v) is 21.7. The molecule has 4 fully saturated rings. The summed E-state index contributed by atoms with van der Waals surface area (Å²) in [5.74, 6) is 0. The van der Waals surface area contributed by atoms with Gasteiger partial charge in [-0.15, -0.1) is 0 Å². The first-order valence-corrected chi connectivity index (χ1v) is 12.5. The molecule has 2 amide bonds. The summed E-state index contributed by atoms with van der Waals surface area (Å²) in [5.41, 5.74) is -0.882. The van der Waals surface area contributed by atoms with Crippen molar-refractivity contribution >= 4 is 12.2 Å². The zero-order chi connectivity index (χ0) is 25.3. The number of hydrogen-bond donors (Lipinski definition) is 2. The zero-order valence-electron chi connectivity index (χ0n) is 21.7. The molecule has 4 aliphatic rings. The van der Waals surface area contributed by atoms with Gasteiger partial charge in [0.15, 0.2) is 0 Å². The maximum atomic E-state index is 11.9. The van der Waals surface area contributed by atoms with E-state index in [4.69, 9.17) is 9.47 Å². The molecule has 4 aliphatic heterocycles. The molecule has 4 heterocycles. The van der Waals surface area contributed by atoms with Gasteiger partial charge < -0.3 is 29.5 Å². The van der Waals surface area contributed by atoms with Crippen LogP contribution in [0.3, 0.4) is 0 Å². The van der Waals surface area contributed by atoms with Gasteiger partial charge in [-0.05, 0) is 54.4 Å². The largest absolute Gasteiger partial charge is 0.444 e. The van der Waals surface area contributed by atoms with E-state index in [1.54, 1.807) is 9.80 Å². The Labute approximate surface area is 203 Å². The van der Waals surface area contributed by atoms with Gasteiger partial charge in [-0.25, -0.2) is 9.59 Å². The Hall–Kier alpha value is -1.62. The maximum Gasteiger partial charge on any atom is 0.410 e. The number of nitrogens with zero attached hydrogens (tertiary/aromatic N) is 4. The Morgan fingerprint density at radius 2 is 1.00 bits per heavy atom. The number of ether oxygens (including phenoxy) is 2. The fourth-order valence-electron chi connectivity index (χ4n) is 5.02. The molecule has 4 atom stereocenters. The minimum atomic E-state index is -0.441. The second-order valence-electron chi connectivity index (χ2n) is 11.9. The number of amides is 2. The second kappa shape index (κ2) is 10.6. The fourth-order valence-corrected chi connectivity index (χ4v) is 5.02. The Bertz CT molecular complexity index is 661. The maximum absolute atomic E-state index is 11.9. The molecule has 196 valence electrons. The van der Waals surface area contributed by atoms with Crippen molar-refractivity contribution < 1.29 is 29.3 Å². The van der Waals surface area contributed by atoms with Crippen LogP contribution in [0.15, 0.2) is 0 Å². The topological polar surface area (TPSA) is 106 Å². The van der Waals surface area contributed by atoms with Crippen LogP contribution in [0, 0.1) is 0 Å². The lowest BCUT2D eigenvalue weighted by Crippen LogP contribution is -2.53. The van der Waals surface area contributed by atoms with Crippen LogP contribution in [0.1, 0.15) is 54.4 Å². The molecule has 0 saturated carbocycles. The number of aliphatic hydroxyl groups excluding tert-OH is 2. The van der Waals surface area contributed by atoms with E-state index < -0.39 is 11.2 Å². The molecule has 10 heteroatoms. The van der Waals surface area contributed by atoms with Gasteiger partial charge in [-0.3, -0.25) is 9.80 Å². The fraction of sp³-hybridized carbons (Fsp3) is 0.917. The molecule has 0 aromatic heterocycles. The first kappa shape index (κ1) is 27.0. The molecule has 34 heavy (non-hydrogen) atoms. The molecule has 0 aromatic rings. The lowest BCUT2D eigenvalue weighted by Gasteiger charge is -2.37. The first-order valence-electron chi connectivity index (χ1n) is 12.5. The summed E-state index contributed by atoms with van der Waals surface area (Å²) in [7, 11) is 0. The third kappa shape index (κ3) is 7.69. The minimum Gasteiger partial charge on any atom is -0.444 e. The Morgan fingerprint density at radius 1 is 0.647 bits per heavy atom. The Balaban J connectivity index is 0.000000191. The van der Waals surface area contributed by atoms with E-state index in [2.05, 4.69) is 9.80 Å². The lowest BCUT2D eigenvalue weighted by atomic mass is 10.1. The summed E-state index contributed by atoms with van der Waals surface area (Å²) >= 11 is 0. The van der Waals surface area contributed by atoms with E-state index in [-0.39, 0.29) is 24.4 Å². The predicted molar refractivity (Wildman–Crippen MR) is 128 cm³/mol. The van der Waals surface area contributed by atoms with Crippen LogP contribution in [-0.2, 0) is 9.47 Å². The number of fused-ring (bicyclic) bond motifs is 2. The van der Waals surface area contributed by atoms with Crippen molar-refractivity contribution in [1.29, 1.82) is 0 Å². The number of carbonyl (C=O) groups is 2. The predicted octanol–water partition coefficient (Wildman–Crippen LogP) is 1.34. The molecule has 0 aromatic carbocycles. The van der Waals surface area contributed by atoms with Crippen molar-refractivity contribution in [1.82, 2.24) is 19.6 Å². The highest BCUT2D eigenvalue weighted by molar-refractivity contribution is 5.68. The van der Waals surface area contributed by atoms with Gasteiger partial charge >= 0.3 is 12.2 Å². The number of hydrogen-bond acceptors (Lipinski definition) is 8. The van der Waals surface area contributed by atoms with Crippen molar-refractivity contribution in [2.75, 3.05) is 52.4 Å². The Kier molecular flexibility index (Phi) is 8.38.